The normalized spacial score (nSPS) is 19.6. The summed E-state index contributed by atoms with van der Waals surface area (Å²) in [6.07, 6.45) is -2.04. The second-order valence-electron chi connectivity index (χ2n) is 4.82. The van der Waals surface area contributed by atoms with Crippen LogP contribution in [0.4, 0.5) is 8.78 Å². The molecule has 0 saturated carbocycles. The van der Waals surface area contributed by atoms with E-state index >= 15 is 0 Å². The van der Waals surface area contributed by atoms with Gasteiger partial charge in [-0.15, -0.1) is 0 Å². The molecule has 120 valence electrons. The number of hydrogen-bond donors (Lipinski definition) is 1. The highest BCUT2D eigenvalue weighted by Gasteiger charge is 2.31. The summed E-state index contributed by atoms with van der Waals surface area (Å²) in [6, 6.07) is 2.96. The summed E-state index contributed by atoms with van der Waals surface area (Å²) in [5.74, 6) is -3.66. The van der Waals surface area contributed by atoms with E-state index < -0.39 is 35.7 Å². The fourth-order valence-corrected chi connectivity index (χ4v) is 2.06. The van der Waals surface area contributed by atoms with Gasteiger partial charge in [-0.05, 0) is 19.1 Å². The van der Waals surface area contributed by atoms with Gasteiger partial charge in [-0.3, -0.25) is 4.79 Å². The Balaban J connectivity index is 1.99. The van der Waals surface area contributed by atoms with Gasteiger partial charge in [-0.25, -0.2) is 13.6 Å². The fraction of sp³-hybridized carbons (Fsp3) is 0.429. The standard InChI is InChI=1S/C14H15F2NO5/c1-8(22-9-2-3-10(15)11(16)6-9)13(18)17-4-5-21-12(7-17)14(19)20/h2-3,6,8,12H,4-5,7H2,1H3,(H,19,20)/t8-,12+/m0/s1. The lowest BCUT2D eigenvalue weighted by atomic mass is 10.2. The predicted octanol–water partition coefficient (Wildman–Crippen LogP) is 1.04. The van der Waals surface area contributed by atoms with Crippen molar-refractivity contribution >= 4 is 11.9 Å². The maximum absolute atomic E-state index is 13.1. The van der Waals surface area contributed by atoms with Gasteiger partial charge >= 0.3 is 5.97 Å². The summed E-state index contributed by atoms with van der Waals surface area (Å²) in [7, 11) is 0. The SMILES string of the molecule is C[C@H](Oc1ccc(F)c(F)c1)C(=O)N1CCO[C@@H](C(=O)O)C1. The van der Waals surface area contributed by atoms with E-state index in [2.05, 4.69) is 0 Å². The number of ether oxygens (including phenoxy) is 2. The molecule has 6 nitrogen and oxygen atoms in total. The van der Waals surface area contributed by atoms with E-state index in [9.17, 15) is 18.4 Å². The van der Waals surface area contributed by atoms with Crippen molar-refractivity contribution in [2.24, 2.45) is 0 Å². The van der Waals surface area contributed by atoms with Crippen LogP contribution < -0.4 is 4.74 Å². The van der Waals surface area contributed by atoms with Crippen LogP contribution in [0.2, 0.25) is 0 Å². The molecule has 0 aromatic heterocycles. The Kier molecular flexibility index (Phi) is 4.92. The van der Waals surface area contributed by atoms with Crippen molar-refractivity contribution in [1.29, 1.82) is 0 Å². The number of rotatable bonds is 4. The van der Waals surface area contributed by atoms with Crippen LogP contribution in [0.15, 0.2) is 18.2 Å². The van der Waals surface area contributed by atoms with Gasteiger partial charge in [0.1, 0.15) is 5.75 Å². The lowest BCUT2D eigenvalue weighted by Gasteiger charge is -2.32. The Morgan fingerprint density at radius 3 is 2.77 bits per heavy atom. The number of nitrogens with zero attached hydrogens (tertiary/aromatic N) is 1. The third-order valence-electron chi connectivity index (χ3n) is 3.21. The molecule has 0 unspecified atom stereocenters. The Hall–Kier alpha value is -2.22. The molecule has 1 N–H and O–H groups in total. The molecular weight excluding hydrogens is 300 g/mol. The summed E-state index contributed by atoms with van der Waals surface area (Å²) in [5, 5.41) is 8.90. The summed E-state index contributed by atoms with van der Waals surface area (Å²) in [4.78, 5) is 24.4. The third-order valence-corrected chi connectivity index (χ3v) is 3.21. The molecule has 1 fully saturated rings. The highest BCUT2D eigenvalue weighted by atomic mass is 19.2. The molecule has 1 amide bonds. The van der Waals surface area contributed by atoms with Gasteiger partial charge in [-0.1, -0.05) is 0 Å². The number of benzene rings is 1. The minimum Gasteiger partial charge on any atom is -0.481 e. The van der Waals surface area contributed by atoms with Crippen LogP contribution in [0, 0.1) is 11.6 Å². The summed E-state index contributed by atoms with van der Waals surface area (Å²) < 4.78 is 36.2. The first-order valence-electron chi connectivity index (χ1n) is 6.63. The number of aliphatic carboxylic acids is 1. The monoisotopic (exact) mass is 315 g/mol. The quantitative estimate of drug-likeness (QED) is 0.898. The second kappa shape index (κ2) is 6.69. The van der Waals surface area contributed by atoms with Crippen LogP contribution in [0.3, 0.4) is 0 Å². The van der Waals surface area contributed by atoms with Crippen molar-refractivity contribution in [3.8, 4) is 5.75 Å². The van der Waals surface area contributed by atoms with Crippen molar-refractivity contribution in [3.05, 3.63) is 29.8 Å². The van der Waals surface area contributed by atoms with Gasteiger partial charge in [0.15, 0.2) is 23.8 Å². The topological polar surface area (TPSA) is 76.1 Å². The number of carbonyl (C=O) groups excluding carboxylic acids is 1. The Morgan fingerprint density at radius 2 is 2.14 bits per heavy atom. The summed E-state index contributed by atoms with van der Waals surface area (Å²) in [5.41, 5.74) is 0. The molecule has 2 rings (SSSR count). The second-order valence-corrected chi connectivity index (χ2v) is 4.82. The van der Waals surface area contributed by atoms with Crippen LogP contribution in [-0.2, 0) is 14.3 Å². The first kappa shape index (κ1) is 16.2. The fourth-order valence-electron chi connectivity index (χ4n) is 2.06. The van der Waals surface area contributed by atoms with Gasteiger partial charge in [0.25, 0.3) is 5.91 Å². The van der Waals surface area contributed by atoms with E-state index in [4.69, 9.17) is 14.6 Å². The molecule has 2 atom stereocenters. The average Bonchev–Trinajstić information content (AvgIpc) is 2.50. The number of morpholine rings is 1. The van der Waals surface area contributed by atoms with Crippen molar-refractivity contribution in [3.63, 3.8) is 0 Å². The molecule has 1 heterocycles. The highest BCUT2D eigenvalue weighted by Crippen LogP contribution is 2.18. The van der Waals surface area contributed by atoms with Crippen molar-refractivity contribution in [2.45, 2.75) is 19.1 Å². The van der Waals surface area contributed by atoms with Crippen LogP contribution in [0.1, 0.15) is 6.92 Å². The van der Waals surface area contributed by atoms with Gasteiger partial charge in [0.2, 0.25) is 0 Å². The van der Waals surface area contributed by atoms with E-state index in [0.717, 1.165) is 12.1 Å². The van der Waals surface area contributed by atoms with Crippen molar-refractivity contribution < 1.29 is 33.0 Å². The maximum atomic E-state index is 13.1. The average molecular weight is 315 g/mol. The minimum absolute atomic E-state index is 0.0165. The molecule has 1 aromatic carbocycles. The molecule has 0 spiro atoms. The molecule has 1 aliphatic heterocycles. The first-order chi connectivity index (χ1) is 10.4. The van der Waals surface area contributed by atoms with Crippen LogP contribution in [-0.4, -0.2) is 53.8 Å². The maximum Gasteiger partial charge on any atom is 0.334 e. The Morgan fingerprint density at radius 1 is 1.41 bits per heavy atom. The predicted molar refractivity (Wildman–Crippen MR) is 70.4 cm³/mol. The lowest BCUT2D eigenvalue weighted by molar-refractivity contribution is -0.161. The summed E-state index contributed by atoms with van der Waals surface area (Å²) >= 11 is 0. The first-order valence-corrected chi connectivity index (χ1v) is 6.63. The number of carboxylic acids is 1. The van der Waals surface area contributed by atoms with Gasteiger partial charge < -0.3 is 19.5 Å². The number of carbonyl (C=O) groups is 2. The van der Waals surface area contributed by atoms with E-state index in [1.165, 1.54) is 17.9 Å². The molecule has 0 radical (unpaired) electrons. The zero-order valence-electron chi connectivity index (χ0n) is 11.8. The molecule has 1 aromatic rings. The largest absolute Gasteiger partial charge is 0.481 e. The number of hydrogen-bond acceptors (Lipinski definition) is 4. The minimum atomic E-state index is -1.15. The number of amides is 1. The highest BCUT2D eigenvalue weighted by molar-refractivity contribution is 5.82. The zero-order chi connectivity index (χ0) is 16.3. The number of halogens is 2. The Bertz CT molecular complexity index is 580. The molecule has 22 heavy (non-hydrogen) atoms. The molecule has 1 saturated heterocycles. The van der Waals surface area contributed by atoms with Crippen LogP contribution in [0.25, 0.3) is 0 Å². The number of carboxylic acid groups (broad SMARTS) is 1. The molecular formula is C14H15F2NO5. The summed E-state index contributed by atoms with van der Waals surface area (Å²) in [6.45, 7) is 1.73. The van der Waals surface area contributed by atoms with Crippen molar-refractivity contribution in [2.75, 3.05) is 19.7 Å². The van der Waals surface area contributed by atoms with Gasteiger partial charge in [0, 0.05) is 12.6 Å². The molecule has 0 aliphatic carbocycles. The zero-order valence-corrected chi connectivity index (χ0v) is 11.8. The van der Waals surface area contributed by atoms with E-state index in [1.54, 1.807) is 0 Å². The third kappa shape index (κ3) is 3.70. The van der Waals surface area contributed by atoms with E-state index in [0.29, 0.717) is 0 Å². The van der Waals surface area contributed by atoms with Gasteiger partial charge in [-0.2, -0.15) is 0 Å². The lowest BCUT2D eigenvalue weighted by Crippen LogP contribution is -2.51. The Labute approximate surface area is 125 Å². The van der Waals surface area contributed by atoms with E-state index in [-0.39, 0.29) is 25.4 Å². The van der Waals surface area contributed by atoms with Crippen molar-refractivity contribution in [1.82, 2.24) is 4.90 Å². The van der Waals surface area contributed by atoms with E-state index in [1.807, 2.05) is 0 Å². The van der Waals surface area contributed by atoms with Crippen LogP contribution >= 0.6 is 0 Å². The molecule has 1 aliphatic rings. The molecule has 0 bridgehead atoms. The molecule has 8 heteroatoms. The van der Waals surface area contributed by atoms with Crippen LogP contribution in [0.5, 0.6) is 5.75 Å². The van der Waals surface area contributed by atoms with Gasteiger partial charge in [0.05, 0.1) is 13.2 Å². The smallest absolute Gasteiger partial charge is 0.334 e.